The summed E-state index contributed by atoms with van der Waals surface area (Å²) in [5.41, 5.74) is 0.998. The summed E-state index contributed by atoms with van der Waals surface area (Å²) >= 11 is 1.61. The van der Waals surface area contributed by atoms with Crippen molar-refractivity contribution >= 4 is 22.3 Å². The van der Waals surface area contributed by atoms with Crippen molar-refractivity contribution in [2.45, 2.75) is 13.0 Å². The van der Waals surface area contributed by atoms with Crippen molar-refractivity contribution in [1.82, 2.24) is 14.3 Å². The summed E-state index contributed by atoms with van der Waals surface area (Å²) in [7, 11) is 3.08. The number of esters is 1. The van der Waals surface area contributed by atoms with E-state index in [9.17, 15) is 4.79 Å². The van der Waals surface area contributed by atoms with Gasteiger partial charge in [0, 0.05) is 44.5 Å². The number of fused-ring (bicyclic) bond motifs is 1. The van der Waals surface area contributed by atoms with E-state index in [1.54, 1.807) is 18.4 Å². The number of rotatable bonds is 8. The van der Waals surface area contributed by atoms with Crippen molar-refractivity contribution in [3.63, 3.8) is 0 Å². The van der Waals surface area contributed by atoms with Crippen LogP contribution in [0, 0.1) is 0 Å². The molecule has 0 N–H and O–H groups in total. The van der Waals surface area contributed by atoms with Gasteiger partial charge in [-0.2, -0.15) is 0 Å². The standard InChI is InChI=1S/C13H19N3O3S/c1-18-7-5-15(4-3-12(17)19-2)9-11-10-16-6-8-20-13(16)14-11/h6,8,10H,3-5,7,9H2,1-2H3. The predicted molar refractivity (Wildman–Crippen MR) is 76.9 cm³/mol. The molecule has 0 fully saturated rings. The number of imidazole rings is 1. The lowest BCUT2D eigenvalue weighted by atomic mass is 10.3. The molecule has 0 saturated carbocycles. The highest BCUT2D eigenvalue weighted by Gasteiger charge is 2.11. The zero-order chi connectivity index (χ0) is 14.4. The molecule has 2 heterocycles. The number of thiazole rings is 1. The van der Waals surface area contributed by atoms with Gasteiger partial charge in [0.1, 0.15) is 0 Å². The van der Waals surface area contributed by atoms with Crippen molar-refractivity contribution in [3.05, 3.63) is 23.5 Å². The van der Waals surface area contributed by atoms with Gasteiger partial charge >= 0.3 is 5.97 Å². The number of hydrogen-bond donors (Lipinski definition) is 0. The SMILES string of the molecule is COCCN(CCC(=O)OC)Cc1cn2ccsc2n1. The summed E-state index contributed by atoms with van der Waals surface area (Å²) < 4.78 is 11.8. The Bertz CT molecular complexity index is 523. The number of nitrogens with zero attached hydrogens (tertiary/aromatic N) is 3. The molecule has 0 bridgehead atoms. The Kier molecular flexibility index (Phi) is 5.51. The van der Waals surface area contributed by atoms with Gasteiger partial charge in [0.15, 0.2) is 4.96 Å². The highest BCUT2D eigenvalue weighted by Crippen LogP contribution is 2.13. The maximum absolute atomic E-state index is 11.2. The van der Waals surface area contributed by atoms with Gasteiger partial charge < -0.3 is 9.47 Å². The molecule has 7 heteroatoms. The van der Waals surface area contributed by atoms with Crippen LogP contribution in [0.25, 0.3) is 4.96 Å². The van der Waals surface area contributed by atoms with E-state index in [4.69, 9.17) is 4.74 Å². The number of ether oxygens (including phenoxy) is 2. The maximum atomic E-state index is 11.2. The third-order valence-electron chi connectivity index (χ3n) is 3.00. The second-order valence-electron chi connectivity index (χ2n) is 4.42. The number of methoxy groups -OCH3 is 2. The fourth-order valence-corrected chi connectivity index (χ4v) is 2.64. The van der Waals surface area contributed by atoms with Gasteiger partial charge in [0.2, 0.25) is 0 Å². The molecule has 0 aromatic carbocycles. The lowest BCUT2D eigenvalue weighted by Crippen LogP contribution is -2.29. The van der Waals surface area contributed by atoms with Gasteiger partial charge in [-0.15, -0.1) is 11.3 Å². The third kappa shape index (κ3) is 4.03. The Hall–Kier alpha value is -1.44. The molecule has 110 valence electrons. The quantitative estimate of drug-likeness (QED) is 0.690. The largest absolute Gasteiger partial charge is 0.469 e. The first-order valence-electron chi connectivity index (χ1n) is 6.42. The average molecular weight is 297 g/mol. The van der Waals surface area contributed by atoms with Crippen molar-refractivity contribution < 1.29 is 14.3 Å². The number of hydrogen-bond acceptors (Lipinski definition) is 6. The van der Waals surface area contributed by atoms with Gasteiger partial charge in [0.05, 0.1) is 25.8 Å². The molecule has 6 nitrogen and oxygen atoms in total. The highest BCUT2D eigenvalue weighted by atomic mass is 32.1. The molecular formula is C13H19N3O3S. The van der Waals surface area contributed by atoms with Gasteiger partial charge in [-0.1, -0.05) is 0 Å². The minimum Gasteiger partial charge on any atom is -0.469 e. The lowest BCUT2D eigenvalue weighted by molar-refractivity contribution is -0.141. The number of carbonyl (C=O) groups excluding carboxylic acids is 1. The van der Waals surface area contributed by atoms with Crippen molar-refractivity contribution in [1.29, 1.82) is 0 Å². The Labute approximate surface area is 121 Å². The van der Waals surface area contributed by atoms with Crippen LogP contribution in [0.15, 0.2) is 17.8 Å². The molecule has 20 heavy (non-hydrogen) atoms. The first-order valence-corrected chi connectivity index (χ1v) is 7.30. The molecule has 0 atom stereocenters. The summed E-state index contributed by atoms with van der Waals surface area (Å²) in [6.07, 6.45) is 4.39. The molecule has 0 amide bonds. The number of carbonyl (C=O) groups is 1. The first-order chi connectivity index (χ1) is 9.72. The first kappa shape index (κ1) is 15.0. The Morgan fingerprint density at radius 1 is 1.45 bits per heavy atom. The fraction of sp³-hybridized carbons (Fsp3) is 0.538. The zero-order valence-corrected chi connectivity index (χ0v) is 12.6. The molecular weight excluding hydrogens is 278 g/mol. The number of aromatic nitrogens is 2. The second-order valence-corrected chi connectivity index (χ2v) is 5.29. The zero-order valence-electron chi connectivity index (χ0n) is 11.7. The van der Waals surface area contributed by atoms with Crippen molar-refractivity contribution in [2.24, 2.45) is 0 Å². The molecule has 2 aromatic heterocycles. The van der Waals surface area contributed by atoms with Crippen molar-refractivity contribution in [3.8, 4) is 0 Å². The van der Waals surface area contributed by atoms with Crippen LogP contribution >= 0.6 is 11.3 Å². The Morgan fingerprint density at radius 3 is 3.00 bits per heavy atom. The maximum Gasteiger partial charge on any atom is 0.306 e. The van der Waals surface area contributed by atoms with Crippen LogP contribution in [0.3, 0.4) is 0 Å². The third-order valence-corrected chi connectivity index (χ3v) is 3.77. The molecule has 0 aliphatic heterocycles. The van der Waals surface area contributed by atoms with Gasteiger partial charge in [-0.3, -0.25) is 14.1 Å². The average Bonchev–Trinajstić information content (AvgIpc) is 3.02. The summed E-state index contributed by atoms with van der Waals surface area (Å²) in [4.78, 5) is 18.9. The van der Waals surface area contributed by atoms with E-state index in [1.807, 2.05) is 22.2 Å². The van der Waals surface area contributed by atoms with E-state index in [0.717, 1.165) is 17.2 Å². The Balaban J connectivity index is 1.94. The molecule has 0 unspecified atom stereocenters. The van der Waals surface area contributed by atoms with Gasteiger partial charge in [-0.25, -0.2) is 4.98 Å². The van der Waals surface area contributed by atoms with Crippen LogP contribution in [0.2, 0.25) is 0 Å². The Morgan fingerprint density at radius 2 is 2.30 bits per heavy atom. The van der Waals surface area contributed by atoms with Crippen molar-refractivity contribution in [2.75, 3.05) is 33.9 Å². The minimum absolute atomic E-state index is 0.196. The molecule has 0 radical (unpaired) electrons. The molecule has 0 saturated heterocycles. The highest BCUT2D eigenvalue weighted by molar-refractivity contribution is 7.15. The summed E-state index contributed by atoms with van der Waals surface area (Å²) in [5.74, 6) is -0.196. The van der Waals surface area contributed by atoms with Crippen LogP contribution in [0.5, 0.6) is 0 Å². The molecule has 0 aliphatic rings. The van der Waals surface area contributed by atoms with E-state index in [-0.39, 0.29) is 5.97 Å². The molecule has 0 spiro atoms. The van der Waals surface area contributed by atoms with Crippen LogP contribution in [0.4, 0.5) is 0 Å². The van der Waals surface area contributed by atoms with Crippen LogP contribution in [-0.4, -0.2) is 54.2 Å². The smallest absolute Gasteiger partial charge is 0.306 e. The summed E-state index contributed by atoms with van der Waals surface area (Å²) in [6, 6.07) is 0. The topological polar surface area (TPSA) is 56.1 Å². The molecule has 2 rings (SSSR count). The van der Waals surface area contributed by atoms with E-state index in [0.29, 0.717) is 26.1 Å². The second kappa shape index (κ2) is 7.37. The fourth-order valence-electron chi connectivity index (χ4n) is 1.92. The monoisotopic (exact) mass is 297 g/mol. The van der Waals surface area contributed by atoms with Crippen LogP contribution in [0.1, 0.15) is 12.1 Å². The van der Waals surface area contributed by atoms with Gasteiger partial charge in [-0.05, 0) is 0 Å². The van der Waals surface area contributed by atoms with Gasteiger partial charge in [0.25, 0.3) is 0 Å². The van der Waals surface area contributed by atoms with E-state index >= 15 is 0 Å². The van der Waals surface area contributed by atoms with E-state index in [2.05, 4.69) is 14.6 Å². The molecule has 2 aromatic rings. The summed E-state index contributed by atoms with van der Waals surface area (Å²) in [5, 5.41) is 2.01. The lowest BCUT2D eigenvalue weighted by Gasteiger charge is -2.20. The van der Waals surface area contributed by atoms with Crippen LogP contribution in [-0.2, 0) is 20.8 Å². The molecule has 0 aliphatic carbocycles. The van der Waals surface area contributed by atoms with E-state index in [1.165, 1.54) is 7.11 Å². The normalized spacial score (nSPS) is 11.3. The van der Waals surface area contributed by atoms with Crippen LogP contribution < -0.4 is 0 Å². The predicted octanol–water partition coefficient (Wildman–Crippen LogP) is 1.41. The summed E-state index contributed by atoms with van der Waals surface area (Å²) in [6.45, 7) is 2.73. The van der Waals surface area contributed by atoms with E-state index < -0.39 is 0 Å². The minimum atomic E-state index is -0.196.